The molecule has 1 aliphatic rings. The molecule has 0 amide bonds. The predicted molar refractivity (Wildman–Crippen MR) is 60.6 cm³/mol. The highest BCUT2D eigenvalue weighted by Crippen LogP contribution is 2.44. The number of Topliss-reactive ketones (excluding diaryl/α,β-unsaturated/α-hetero) is 2. The summed E-state index contributed by atoms with van der Waals surface area (Å²) in [6, 6.07) is 0. The Morgan fingerprint density at radius 3 is 2.53 bits per heavy atom. The SMILES string of the molecule is CC(=O)CC[C@@H]1[C@H](C)CC(=O)CC1(C)C. The van der Waals surface area contributed by atoms with Crippen LogP contribution in [-0.4, -0.2) is 11.6 Å². The van der Waals surface area contributed by atoms with Gasteiger partial charge in [0.2, 0.25) is 0 Å². The van der Waals surface area contributed by atoms with Gasteiger partial charge in [-0.25, -0.2) is 0 Å². The minimum atomic E-state index is 0.0736. The average molecular weight is 210 g/mol. The van der Waals surface area contributed by atoms with E-state index in [0.717, 1.165) is 6.42 Å². The third-order valence-electron chi connectivity index (χ3n) is 3.70. The van der Waals surface area contributed by atoms with Crippen LogP contribution in [0.15, 0.2) is 0 Å². The second-order valence-corrected chi connectivity index (χ2v) is 5.73. The third kappa shape index (κ3) is 3.15. The molecule has 0 aromatic rings. The van der Waals surface area contributed by atoms with Crippen molar-refractivity contribution in [3.05, 3.63) is 0 Å². The maximum atomic E-state index is 11.5. The van der Waals surface area contributed by atoms with Gasteiger partial charge >= 0.3 is 0 Å². The smallest absolute Gasteiger partial charge is 0.133 e. The van der Waals surface area contributed by atoms with Gasteiger partial charge < -0.3 is 4.79 Å². The van der Waals surface area contributed by atoms with Crippen molar-refractivity contribution in [3.63, 3.8) is 0 Å². The Kier molecular flexibility index (Phi) is 3.69. The van der Waals surface area contributed by atoms with Crippen molar-refractivity contribution in [3.8, 4) is 0 Å². The number of rotatable bonds is 3. The number of carbonyl (C=O) groups is 2. The highest BCUT2D eigenvalue weighted by atomic mass is 16.1. The zero-order valence-corrected chi connectivity index (χ0v) is 10.3. The van der Waals surface area contributed by atoms with Crippen LogP contribution in [0.1, 0.15) is 53.4 Å². The third-order valence-corrected chi connectivity index (χ3v) is 3.70. The van der Waals surface area contributed by atoms with Gasteiger partial charge in [0, 0.05) is 19.3 Å². The van der Waals surface area contributed by atoms with E-state index in [1.807, 2.05) is 0 Å². The van der Waals surface area contributed by atoms with E-state index >= 15 is 0 Å². The standard InChI is InChI=1S/C13H22O2/c1-9-7-11(15)8-13(3,4)12(9)6-5-10(2)14/h9,12H,5-8H2,1-4H3/t9-,12-/m1/s1. The quantitative estimate of drug-likeness (QED) is 0.717. The van der Waals surface area contributed by atoms with Gasteiger partial charge in [-0.05, 0) is 30.6 Å². The van der Waals surface area contributed by atoms with Gasteiger partial charge in [0.05, 0.1) is 0 Å². The normalized spacial score (nSPS) is 30.3. The van der Waals surface area contributed by atoms with E-state index in [0.29, 0.717) is 36.9 Å². The molecule has 0 bridgehead atoms. The van der Waals surface area contributed by atoms with Gasteiger partial charge in [-0.1, -0.05) is 20.8 Å². The van der Waals surface area contributed by atoms with Crippen LogP contribution >= 0.6 is 0 Å². The van der Waals surface area contributed by atoms with Crippen molar-refractivity contribution >= 4 is 11.6 Å². The van der Waals surface area contributed by atoms with Gasteiger partial charge in [-0.15, -0.1) is 0 Å². The highest BCUT2D eigenvalue weighted by molar-refractivity contribution is 5.80. The Morgan fingerprint density at radius 2 is 2.07 bits per heavy atom. The summed E-state index contributed by atoms with van der Waals surface area (Å²) in [4.78, 5) is 22.5. The molecule has 1 rings (SSSR count). The van der Waals surface area contributed by atoms with Crippen LogP contribution in [0.5, 0.6) is 0 Å². The molecular weight excluding hydrogens is 188 g/mol. The van der Waals surface area contributed by atoms with Crippen LogP contribution in [-0.2, 0) is 9.59 Å². The molecule has 2 nitrogen and oxygen atoms in total. The molecule has 1 saturated carbocycles. The summed E-state index contributed by atoms with van der Waals surface area (Å²) in [6.07, 6.45) is 2.98. The summed E-state index contributed by atoms with van der Waals surface area (Å²) in [7, 11) is 0. The lowest BCUT2D eigenvalue weighted by atomic mass is 9.62. The maximum absolute atomic E-state index is 11.5. The molecule has 2 atom stereocenters. The second-order valence-electron chi connectivity index (χ2n) is 5.73. The first-order valence-electron chi connectivity index (χ1n) is 5.84. The van der Waals surface area contributed by atoms with E-state index in [9.17, 15) is 9.59 Å². The van der Waals surface area contributed by atoms with E-state index in [1.165, 1.54) is 0 Å². The Labute approximate surface area is 92.4 Å². The van der Waals surface area contributed by atoms with Gasteiger partial charge in [-0.2, -0.15) is 0 Å². The minimum Gasteiger partial charge on any atom is -0.300 e. The van der Waals surface area contributed by atoms with Crippen LogP contribution in [0.4, 0.5) is 0 Å². The number of carbonyl (C=O) groups excluding carboxylic acids is 2. The molecule has 0 saturated heterocycles. The van der Waals surface area contributed by atoms with Crippen LogP contribution in [0.25, 0.3) is 0 Å². The fourth-order valence-electron chi connectivity index (χ4n) is 3.02. The monoisotopic (exact) mass is 210 g/mol. The van der Waals surface area contributed by atoms with Crippen molar-refractivity contribution in [2.75, 3.05) is 0 Å². The van der Waals surface area contributed by atoms with E-state index in [1.54, 1.807) is 6.92 Å². The van der Waals surface area contributed by atoms with Crippen LogP contribution in [0.3, 0.4) is 0 Å². The molecule has 15 heavy (non-hydrogen) atoms. The molecule has 0 radical (unpaired) electrons. The number of hydrogen-bond donors (Lipinski definition) is 0. The molecule has 1 aliphatic carbocycles. The fraction of sp³-hybridized carbons (Fsp3) is 0.846. The lowest BCUT2D eigenvalue weighted by Crippen LogP contribution is -2.38. The molecular formula is C13H22O2. The largest absolute Gasteiger partial charge is 0.300 e. The van der Waals surface area contributed by atoms with Crippen molar-refractivity contribution in [2.45, 2.75) is 53.4 Å². The molecule has 0 aliphatic heterocycles. The Bertz CT molecular complexity index is 266. The van der Waals surface area contributed by atoms with Crippen molar-refractivity contribution in [1.29, 1.82) is 0 Å². The van der Waals surface area contributed by atoms with E-state index in [-0.39, 0.29) is 11.2 Å². The van der Waals surface area contributed by atoms with Gasteiger partial charge in [0.15, 0.2) is 0 Å². The average Bonchev–Trinajstić information content (AvgIpc) is 1.98. The lowest BCUT2D eigenvalue weighted by molar-refractivity contribution is -0.127. The van der Waals surface area contributed by atoms with Crippen molar-refractivity contribution in [2.24, 2.45) is 17.3 Å². The summed E-state index contributed by atoms with van der Waals surface area (Å²) < 4.78 is 0. The summed E-state index contributed by atoms with van der Waals surface area (Å²) in [5, 5.41) is 0. The molecule has 0 heterocycles. The minimum absolute atomic E-state index is 0.0736. The van der Waals surface area contributed by atoms with E-state index < -0.39 is 0 Å². The molecule has 2 heteroatoms. The van der Waals surface area contributed by atoms with Crippen LogP contribution in [0, 0.1) is 17.3 Å². The number of ketones is 2. The second kappa shape index (κ2) is 4.46. The zero-order chi connectivity index (χ0) is 11.6. The molecule has 1 fully saturated rings. The molecule has 0 aromatic heterocycles. The first-order chi connectivity index (χ1) is 6.83. The molecule has 0 N–H and O–H groups in total. The van der Waals surface area contributed by atoms with E-state index in [2.05, 4.69) is 20.8 Å². The molecule has 0 spiro atoms. The summed E-state index contributed by atoms with van der Waals surface area (Å²) in [6.45, 7) is 8.10. The summed E-state index contributed by atoms with van der Waals surface area (Å²) in [5.41, 5.74) is 0.0736. The lowest BCUT2D eigenvalue weighted by Gasteiger charge is -2.42. The van der Waals surface area contributed by atoms with E-state index in [4.69, 9.17) is 0 Å². The van der Waals surface area contributed by atoms with Gasteiger partial charge in [0.25, 0.3) is 0 Å². The maximum Gasteiger partial charge on any atom is 0.133 e. The van der Waals surface area contributed by atoms with Crippen LogP contribution < -0.4 is 0 Å². The molecule has 86 valence electrons. The first-order valence-corrected chi connectivity index (χ1v) is 5.84. The Morgan fingerprint density at radius 1 is 1.47 bits per heavy atom. The highest BCUT2D eigenvalue weighted by Gasteiger charge is 2.39. The first kappa shape index (κ1) is 12.4. The molecule has 0 aromatic carbocycles. The topological polar surface area (TPSA) is 34.1 Å². The summed E-state index contributed by atoms with van der Waals surface area (Å²) >= 11 is 0. The van der Waals surface area contributed by atoms with Crippen LogP contribution in [0.2, 0.25) is 0 Å². The van der Waals surface area contributed by atoms with Crippen molar-refractivity contribution < 1.29 is 9.59 Å². The predicted octanol–water partition coefficient (Wildman–Crippen LogP) is 3.00. The number of hydrogen-bond acceptors (Lipinski definition) is 2. The Balaban J connectivity index is 2.67. The van der Waals surface area contributed by atoms with Crippen molar-refractivity contribution in [1.82, 2.24) is 0 Å². The Hall–Kier alpha value is -0.660. The molecule has 0 unspecified atom stereocenters. The van der Waals surface area contributed by atoms with Gasteiger partial charge in [0.1, 0.15) is 11.6 Å². The van der Waals surface area contributed by atoms with Gasteiger partial charge in [-0.3, -0.25) is 4.79 Å². The zero-order valence-electron chi connectivity index (χ0n) is 10.3. The summed E-state index contributed by atoms with van der Waals surface area (Å²) in [5.74, 6) is 1.58. The fourth-order valence-corrected chi connectivity index (χ4v) is 3.02.